The number of aromatic nitrogens is 1. The van der Waals surface area contributed by atoms with Crippen molar-refractivity contribution < 1.29 is 13.2 Å². The Hall–Kier alpha value is -1.94. The Balaban J connectivity index is 1.54. The van der Waals surface area contributed by atoms with Crippen LogP contribution in [0.15, 0.2) is 51.7 Å². The minimum Gasteiger partial charge on any atom is -0.322 e. The van der Waals surface area contributed by atoms with E-state index in [1.54, 1.807) is 48.3 Å². The molecule has 9 heteroatoms. The highest BCUT2D eigenvalue weighted by Gasteiger charge is 2.29. The summed E-state index contributed by atoms with van der Waals surface area (Å²) in [6, 6.07) is 11.9. The quantitative estimate of drug-likeness (QED) is 0.494. The number of anilines is 1. The molecular formula is C22H25N3O3S3. The first kappa shape index (κ1) is 22.3. The molecular weight excluding hydrogens is 450 g/mol. The van der Waals surface area contributed by atoms with Crippen molar-refractivity contribution in [3.05, 3.63) is 48.0 Å². The Morgan fingerprint density at radius 2 is 1.94 bits per heavy atom. The molecule has 2 aromatic carbocycles. The highest BCUT2D eigenvalue weighted by molar-refractivity contribution is 8.00. The fraction of sp³-hybridized carbons (Fsp3) is 0.364. The standard InChI is InChI=1S/C22H25N3O3S3/c1-25(17-8-4-3-5-9-17)31(27,28)18-10-6-7-15(13-18)21(26)23-16-11-12-19-20(14-16)30-22(24-19)29-2/h6-7,10-14,17H,3-5,8-9H2,1-2H3,(H,23,26). The molecule has 0 radical (unpaired) electrons. The second-order valence-corrected chi connectivity index (χ2v) is 11.7. The highest BCUT2D eigenvalue weighted by Crippen LogP contribution is 2.30. The number of nitrogens with zero attached hydrogens (tertiary/aromatic N) is 2. The van der Waals surface area contributed by atoms with Crippen LogP contribution in [0.5, 0.6) is 0 Å². The van der Waals surface area contributed by atoms with E-state index in [0.717, 1.165) is 46.7 Å². The van der Waals surface area contributed by atoms with Gasteiger partial charge in [0, 0.05) is 24.3 Å². The van der Waals surface area contributed by atoms with E-state index in [9.17, 15) is 13.2 Å². The predicted octanol–water partition coefficient (Wildman–Crippen LogP) is 5.22. The highest BCUT2D eigenvalue weighted by atomic mass is 32.2. The molecule has 1 amide bonds. The third kappa shape index (κ3) is 4.79. The van der Waals surface area contributed by atoms with E-state index in [-0.39, 0.29) is 16.8 Å². The summed E-state index contributed by atoms with van der Waals surface area (Å²) in [7, 11) is -2.01. The molecule has 0 saturated heterocycles. The zero-order valence-electron chi connectivity index (χ0n) is 17.5. The predicted molar refractivity (Wildman–Crippen MR) is 128 cm³/mol. The van der Waals surface area contributed by atoms with Crippen molar-refractivity contribution in [3.8, 4) is 0 Å². The molecule has 31 heavy (non-hydrogen) atoms. The molecule has 0 unspecified atom stereocenters. The van der Waals surface area contributed by atoms with Crippen molar-refractivity contribution in [2.75, 3.05) is 18.6 Å². The number of thiazole rings is 1. The number of sulfonamides is 1. The summed E-state index contributed by atoms with van der Waals surface area (Å²) in [5, 5.41) is 2.87. The van der Waals surface area contributed by atoms with Crippen LogP contribution in [0.3, 0.4) is 0 Å². The van der Waals surface area contributed by atoms with E-state index in [1.165, 1.54) is 10.4 Å². The molecule has 1 N–H and O–H groups in total. The molecule has 0 atom stereocenters. The minimum atomic E-state index is -3.65. The maximum absolute atomic E-state index is 13.1. The average molecular weight is 476 g/mol. The summed E-state index contributed by atoms with van der Waals surface area (Å²) in [4.78, 5) is 17.5. The lowest BCUT2D eigenvalue weighted by Gasteiger charge is -2.30. The lowest BCUT2D eigenvalue weighted by Crippen LogP contribution is -2.38. The number of hydrogen-bond acceptors (Lipinski definition) is 6. The Morgan fingerprint density at radius 3 is 2.68 bits per heavy atom. The fourth-order valence-corrected chi connectivity index (χ4v) is 6.87. The van der Waals surface area contributed by atoms with Crippen molar-refractivity contribution in [1.29, 1.82) is 0 Å². The van der Waals surface area contributed by atoms with E-state index in [4.69, 9.17) is 0 Å². The van der Waals surface area contributed by atoms with Gasteiger partial charge in [0.05, 0.1) is 15.1 Å². The van der Waals surface area contributed by atoms with E-state index in [0.29, 0.717) is 11.3 Å². The zero-order chi connectivity index (χ0) is 22.0. The summed E-state index contributed by atoms with van der Waals surface area (Å²) in [5.41, 5.74) is 1.86. The van der Waals surface area contributed by atoms with Crippen LogP contribution in [-0.2, 0) is 10.0 Å². The molecule has 0 spiro atoms. The maximum atomic E-state index is 13.1. The topological polar surface area (TPSA) is 79.4 Å². The van der Waals surface area contributed by atoms with Gasteiger partial charge in [0.25, 0.3) is 5.91 Å². The van der Waals surface area contributed by atoms with E-state index in [1.807, 2.05) is 24.5 Å². The first-order valence-electron chi connectivity index (χ1n) is 10.2. The Morgan fingerprint density at radius 1 is 1.16 bits per heavy atom. The van der Waals surface area contributed by atoms with Gasteiger partial charge in [0.15, 0.2) is 4.34 Å². The molecule has 0 aliphatic heterocycles. The van der Waals surface area contributed by atoms with Crippen molar-refractivity contribution in [2.24, 2.45) is 0 Å². The first-order chi connectivity index (χ1) is 14.9. The van der Waals surface area contributed by atoms with Gasteiger partial charge in [-0.1, -0.05) is 37.1 Å². The molecule has 6 nitrogen and oxygen atoms in total. The Bertz CT molecular complexity index is 1200. The summed E-state index contributed by atoms with van der Waals surface area (Å²) in [5.74, 6) is -0.341. The third-order valence-corrected chi connectivity index (χ3v) is 9.57. The van der Waals surface area contributed by atoms with Crippen LogP contribution >= 0.6 is 23.1 Å². The van der Waals surface area contributed by atoms with E-state index in [2.05, 4.69) is 10.3 Å². The van der Waals surface area contributed by atoms with Crippen molar-refractivity contribution in [2.45, 2.75) is 47.4 Å². The number of rotatable bonds is 6. The molecule has 4 rings (SSSR count). The van der Waals surface area contributed by atoms with Crippen molar-refractivity contribution in [3.63, 3.8) is 0 Å². The minimum absolute atomic E-state index is 0.0218. The maximum Gasteiger partial charge on any atom is 0.255 e. The summed E-state index contributed by atoms with van der Waals surface area (Å²) in [6.45, 7) is 0. The number of carbonyl (C=O) groups excluding carboxylic acids is 1. The van der Waals surface area contributed by atoms with Crippen LogP contribution in [0.1, 0.15) is 42.5 Å². The average Bonchev–Trinajstić information content (AvgIpc) is 3.21. The van der Waals surface area contributed by atoms with Gasteiger partial charge in [0.1, 0.15) is 0 Å². The Labute approximate surface area is 191 Å². The number of carbonyl (C=O) groups is 1. The van der Waals surface area contributed by atoms with Crippen molar-refractivity contribution in [1.82, 2.24) is 9.29 Å². The van der Waals surface area contributed by atoms with Crippen molar-refractivity contribution >= 4 is 54.9 Å². The smallest absolute Gasteiger partial charge is 0.255 e. The van der Waals surface area contributed by atoms with E-state index < -0.39 is 10.0 Å². The number of benzene rings is 2. The van der Waals surface area contributed by atoms with Crippen LogP contribution in [0.4, 0.5) is 5.69 Å². The molecule has 3 aromatic rings. The first-order valence-corrected chi connectivity index (χ1v) is 13.7. The number of nitrogens with one attached hydrogen (secondary N) is 1. The van der Waals surface area contributed by atoms with Crippen LogP contribution in [0, 0.1) is 0 Å². The number of thioether (sulfide) groups is 1. The monoisotopic (exact) mass is 475 g/mol. The number of fused-ring (bicyclic) bond motifs is 1. The van der Waals surface area contributed by atoms with E-state index >= 15 is 0 Å². The molecule has 1 aromatic heterocycles. The van der Waals surface area contributed by atoms with Crippen LogP contribution in [-0.4, -0.2) is 43.0 Å². The van der Waals surface area contributed by atoms with Crippen LogP contribution in [0.25, 0.3) is 10.2 Å². The molecule has 1 heterocycles. The zero-order valence-corrected chi connectivity index (χ0v) is 19.9. The van der Waals surface area contributed by atoms with Gasteiger partial charge in [-0.3, -0.25) is 4.79 Å². The Kier molecular flexibility index (Phi) is 6.66. The molecule has 1 fully saturated rings. The van der Waals surface area contributed by atoms with Gasteiger partial charge >= 0.3 is 0 Å². The largest absolute Gasteiger partial charge is 0.322 e. The van der Waals surface area contributed by atoms with Gasteiger partial charge in [-0.2, -0.15) is 4.31 Å². The summed E-state index contributed by atoms with van der Waals surface area (Å²) in [6.07, 6.45) is 7.01. The normalized spacial score (nSPS) is 15.5. The second kappa shape index (κ2) is 9.28. The SMILES string of the molecule is CSc1nc2ccc(NC(=O)c3cccc(S(=O)(=O)N(C)C4CCCCC4)c3)cc2s1. The van der Waals surface area contributed by atoms with Gasteiger partial charge in [-0.05, 0) is 55.5 Å². The third-order valence-electron chi connectivity index (χ3n) is 5.66. The summed E-state index contributed by atoms with van der Waals surface area (Å²) < 4.78 is 29.7. The van der Waals surface area contributed by atoms with Gasteiger partial charge in [0.2, 0.25) is 10.0 Å². The van der Waals surface area contributed by atoms with Gasteiger partial charge in [-0.15, -0.1) is 11.3 Å². The lowest BCUT2D eigenvalue weighted by molar-refractivity contribution is 0.102. The molecule has 0 bridgehead atoms. The van der Waals surface area contributed by atoms with Gasteiger partial charge < -0.3 is 5.32 Å². The molecule has 1 aliphatic rings. The molecule has 164 valence electrons. The molecule has 1 aliphatic carbocycles. The number of amides is 1. The number of hydrogen-bond donors (Lipinski definition) is 1. The van der Waals surface area contributed by atoms with Crippen LogP contribution in [0.2, 0.25) is 0 Å². The van der Waals surface area contributed by atoms with Gasteiger partial charge in [-0.25, -0.2) is 13.4 Å². The fourth-order valence-electron chi connectivity index (χ4n) is 3.88. The lowest BCUT2D eigenvalue weighted by atomic mass is 9.96. The molecule has 1 saturated carbocycles. The van der Waals surface area contributed by atoms with Crippen LogP contribution < -0.4 is 5.32 Å². The summed E-state index contributed by atoms with van der Waals surface area (Å²) >= 11 is 3.16. The second-order valence-electron chi connectivity index (χ2n) is 7.66.